The predicted octanol–water partition coefficient (Wildman–Crippen LogP) is 3.20. The highest BCUT2D eigenvalue weighted by Gasteiger charge is 2.25. The van der Waals surface area contributed by atoms with E-state index >= 15 is 0 Å². The van der Waals surface area contributed by atoms with Crippen LogP contribution in [-0.4, -0.2) is 15.0 Å². The molecule has 0 radical (unpaired) electrons. The van der Waals surface area contributed by atoms with E-state index in [9.17, 15) is 4.39 Å². The van der Waals surface area contributed by atoms with Crippen LogP contribution in [-0.2, 0) is 6.42 Å². The molecule has 0 fully saturated rings. The Morgan fingerprint density at radius 1 is 1.27 bits per heavy atom. The number of fused-ring (bicyclic) bond motifs is 1. The molecule has 0 saturated carbocycles. The van der Waals surface area contributed by atoms with Gasteiger partial charge >= 0.3 is 0 Å². The summed E-state index contributed by atoms with van der Waals surface area (Å²) in [5.41, 5.74) is 10.8. The molecule has 1 heterocycles. The van der Waals surface area contributed by atoms with Crippen LogP contribution in [0, 0.1) is 13.8 Å². The summed E-state index contributed by atoms with van der Waals surface area (Å²) in [4.78, 5) is 12.0. The Hall–Kier alpha value is -2.24. The van der Waals surface area contributed by atoms with E-state index in [-0.39, 0.29) is 17.8 Å². The number of aryl methyl sites for hydroxylation is 2. The number of hydrogen-bond acceptors (Lipinski definition) is 5. The van der Waals surface area contributed by atoms with Crippen molar-refractivity contribution in [2.45, 2.75) is 45.8 Å². The minimum atomic E-state index is -1.27. The van der Waals surface area contributed by atoms with Gasteiger partial charge in [-0.05, 0) is 50.3 Å². The van der Waals surface area contributed by atoms with Crippen molar-refractivity contribution in [1.82, 2.24) is 15.0 Å². The van der Waals surface area contributed by atoms with Gasteiger partial charge in [-0.25, -0.2) is 4.39 Å². The number of nitrogen functional groups attached to an aromatic ring is 1. The topological polar surface area (TPSA) is 76.7 Å². The van der Waals surface area contributed by atoms with Crippen molar-refractivity contribution in [2.24, 2.45) is 0 Å². The molecule has 0 aliphatic heterocycles. The lowest BCUT2D eigenvalue weighted by atomic mass is 10.00. The van der Waals surface area contributed by atoms with Gasteiger partial charge in [-0.15, -0.1) is 0 Å². The van der Waals surface area contributed by atoms with Gasteiger partial charge in [0.05, 0.1) is 6.04 Å². The molecule has 2 aromatic rings. The van der Waals surface area contributed by atoms with E-state index in [1.807, 2.05) is 0 Å². The largest absolute Gasteiger partial charge is 0.368 e. The molecule has 2 atom stereocenters. The van der Waals surface area contributed by atoms with Gasteiger partial charge in [0.1, 0.15) is 0 Å². The number of alkyl halides is 1. The van der Waals surface area contributed by atoms with E-state index in [0.29, 0.717) is 5.95 Å². The van der Waals surface area contributed by atoms with Gasteiger partial charge in [0.15, 0.2) is 12.0 Å². The zero-order valence-corrected chi connectivity index (χ0v) is 13.0. The highest BCUT2D eigenvalue weighted by Crippen LogP contribution is 2.36. The molecule has 5 nitrogen and oxygen atoms in total. The Bertz CT molecular complexity index is 714. The Balaban J connectivity index is 1.91. The summed E-state index contributed by atoms with van der Waals surface area (Å²) in [6.07, 6.45) is 0.712. The van der Waals surface area contributed by atoms with Gasteiger partial charge in [0, 0.05) is 0 Å². The zero-order valence-electron chi connectivity index (χ0n) is 13.0. The Morgan fingerprint density at radius 2 is 2.05 bits per heavy atom. The third kappa shape index (κ3) is 2.73. The summed E-state index contributed by atoms with van der Waals surface area (Å²) in [6.45, 7) is 5.61. The average Bonchev–Trinajstić information content (AvgIpc) is 2.81. The molecule has 0 spiro atoms. The first-order chi connectivity index (χ1) is 10.4. The number of nitrogens with two attached hydrogens (primary N) is 1. The number of benzene rings is 1. The standard InChI is InChI=1S/C16H20FN5/c1-8-6-9(2)11-4-5-13(12(11)7-8)19-16-21-14(10(3)17)20-15(18)22-16/h6-7,10,13H,4-5H2,1-3H3,(H3,18,19,20,21,22)/t10-,13?/m0/s1. The average molecular weight is 301 g/mol. The van der Waals surface area contributed by atoms with Crippen LogP contribution < -0.4 is 11.1 Å². The molecule has 0 bridgehead atoms. The zero-order chi connectivity index (χ0) is 15.9. The molecule has 116 valence electrons. The van der Waals surface area contributed by atoms with Crippen LogP contribution in [0.4, 0.5) is 16.3 Å². The normalized spacial score (nSPS) is 18.1. The Morgan fingerprint density at radius 3 is 2.77 bits per heavy atom. The molecule has 1 aromatic carbocycles. The molecule has 6 heteroatoms. The van der Waals surface area contributed by atoms with Crippen molar-refractivity contribution in [1.29, 1.82) is 0 Å². The number of nitrogens with one attached hydrogen (secondary N) is 1. The maximum atomic E-state index is 13.4. The highest BCUT2D eigenvalue weighted by molar-refractivity contribution is 5.47. The van der Waals surface area contributed by atoms with Crippen LogP contribution in [0.5, 0.6) is 0 Å². The first-order valence-corrected chi connectivity index (χ1v) is 7.46. The fraction of sp³-hybridized carbons (Fsp3) is 0.438. The summed E-state index contributed by atoms with van der Waals surface area (Å²) >= 11 is 0. The molecule has 3 rings (SSSR count). The van der Waals surface area contributed by atoms with Crippen LogP contribution in [0.1, 0.15) is 53.6 Å². The van der Waals surface area contributed by atoms with E-state index in [1.54, 1.807) is 0 Å². The minimum Gasteiger partial charge on any atom is -0.368 e. The first kappa shape index (κ1) is 14.7. The fourth-order valence-electron chi connectivity index (χ4n) is 3.08. The van der Waals surface area contributed by atoms with E-state index < -0.39 is 6.17 Å². The molecular weight excluding hydrogens is 281 g/mol. The molecule has 1 aromatic heterocycles. The minimum absolute atomic E-state index is 0.0376. The summed E-state index contributed by atoms with van der Waals surface area (Å²) < 4.78 is 13.4. The highest BCUT2D eigenvalue weighted by atomic mass is 19.1. The summed E-state index contributed by atoms with van der Waals surface area (Å²) in [7, 11) is 0. The monoisotopic (exact) mass is 301 g/mol. The maximum absolute atomic E-state index is 13.4. The smallest absolute Gasteiger partial charge is 0.228 e. The molecule has 1 unspecified atom stereocenters. The van der Waals surface area contributed by atoms with Crippen LogP contribution in [0.25, 0.3) is 0 Å². The molecule has 22 heavy (non-hydrogen) atoms. The van der Waals surface area contributed by atoms with Crippen molar-refractivity contribution in [3.8, 4) is 0 Å². The SMILES string of the molecule is Cc1cc(C)c2c(c1)C(Nc1nc(N)nc([C@H](C)F)n1)CC2. The van der Waals surface area contributed by atoms with Crippen molar-refractivity contribution in [3.05, 3.63) is 40.2 Å². The lowest BCUT2D eigenvalue weighted by Gasteiger charge is -2.16. The van der Waals surface area contributed by atoms with Crippen molar-refractivity contribution in [2.75, 3.05) is 11.1 Å². The van der Waals surface area contributed by atoms with Gasteiger partial charge < -0.3 is 11.1 Å². The van der Waals surface area contributed by atoms with Crippen molar-refractivity contribution >= 4 is 11.9 Å². The van der Waals surface area contributed by atoms with E-state index in [2.05, 4.69) is 46.2 Å². The molecule has 1 aliphatic carbocycles. The van der Waals surface area contributed by atoms with Crippen LogP contribution in [0.15, 0.2) is 12.1 Å². The van der Waals surface area contributed by atoms with Crippen LogP contribution >= 0.6 is 0 Å². The van der Waals surface area contributed by atoms with Crippen LogP contribution in [0.2, 0.25) is 0 Å². The molecule has 3 N–H and O–H groups in total. The third-order valence-electron chi connectivity index (χ3n) is 4.04. The van der Waals surface area contributed by atoms with E-state index in [1.165, 1.54) is 29.2 Å². The van der Waals surface area contributed by atoms with Gasteiger partial charge in [0.2, 0.25) is 11.9 Å². The number of hydrogen-bond donors (Lipinski definition) is 2. The number of nitrogens with zero attached hydrogens (tertiary/aromatic N) is 3. The quantitative estimate of drug-likeness (QED) is 0.910. The second kappa shape index (κ2) is 5.51. The third-order valence-corrected chi connectivity index (χ3v) is 4.04. The molecular formula is C16H20FN5. The Kier molecular flexibility index (Phi) is 3.68. The summed E-state index contributed by atoms with van der Waals surface area (Å²) in [5, 5.41) is 3.28. The lowest BCUT2D eigenvalue weighted by Crippen LogP contribution is -2.14. The summed E-state index contributed by atoms with van der Waals surface area (Å²) in [6, 6.07) is 4.51. The summed E-state index contributed by atoms with van der Waals surface area (Å²) in [5.74, 6) is 0.438. The van der Waals surface area contributed by atoms with E-state index in [4.69, 9.17) is 5.73 Å². The lowest BCUT2D eigenvalue weighted by molar-refractivity contribution is 0.356. The molecule has 0 amide bonds. The predicted molar refractivity (Wildman–Crippen MR) is 84.4 cm³/mol. The Labute approximate surface area is 129 Å². The number of rotatable bonds is 3. The second-order valence-electron chi connectivity index (χ2n) is 5.88. The first-order valence-electron chi connectivity index (χ1n) is 7.46. The van der Waals surface area contributed by atoms with Gasteiger partial charge in [0.25, 0.3) is 0 Å². The van der Waals surface area contributed by atoms with Crippen LogP contribution in [0.3, 0.4) is 0 Å². The second-order valence-corrected chi connectivity index (χ2v) is 5.88. The molecule has 1 aliphatic rings. The number of aromatic nitrogens is 3. The molecule has 0 saturated heterocycles. The fourth-order valence-corrected chi connectivity index (χ4v) is 3.08. The van der Waals surface area contributed by atoms with Gasteiger partial charge in [-0.2, -0.15) is 15.0 Å². The van der Waals surface area contributed by atoms with Crippen molar-refractivity contribution in [3.63, 3.8) is 0 Å². The van der Waals surface area contributed by atoms with Gasteiger partial charge in [-0.3, -0.25) is 0 Å². The maximum Gasteiger partial charge on any atom is 0.228 e. The van der Waals surface area contributed by atoms with E-state index in [0.717, 1.165) is 12.8 Å². The number of anilines is 2. The number of halogens is 1. The van der Waals surface area contributed by atoms with Gasteiger partial charge in [-0.1, -0.05) is 17.7 Å². The van der Waals surface area contributed by atoms with Crippen molar-refractivity contribution < 1.29 is 4.39 Å².